The van der Waals surface area contributed by atoms with Gasteiger partial charge in [-0.1, -0.05) is 30.8 Å². The predicted octanol–water partition coefficient (Wildman–Crippen LogP) is 2.07. The first-order valence-corrected chi connectivity index (χ1v) is 8.17. The summed E-state index contributed by atoms with van der Waals surface area (Å²) in [6.07, 6.45) is 3.62. The van der Waals surface area contributed by atoms with Gasteiger partial charge in [0.2, 0.25) is 0 Å². The van der Waals surface area contributed by atoms with Crippen LogP contribution in [0.5, 0.6) is 0 Å². The molecule has 0 fully saturated rings. The van der Waals surface area contributed by atoms with Crippen molar-refractivity contribution in [1.29, 1.82) is 0 Å². The zero-order valence-corrected chi connectivity index (χ0v) is 13.4. The van der Waals surface area contributed by atoms with E-state index in [4.69, 9.17) is 0 Å². The van der Waals surface area contributed by atoms with E-state index < -0.39 is 0 Å². The molecule has 0 atom stereocenters. The van der Waals surface area contributed by atoms with Gasteiger partial charge in [0.1, 0.15) is 5.82 Å². The first-order chi connectivity index (χ1) is 10.2. The standard InChI is InChI=1S/C15H20N4OS/c1-4-11-5-7-12(8-6-11)14(20)16-10-9-13-17-18-15(21-3)19(13)2/h5-8H,4,9-10H2,1-3H3,(H,16,20). The molecule has 1 aromatic heterocycles. The highest BCUT2D eigenvalue weighted by Crippen LogP contribution is 2.11. The minimum absolute atomic E-state index is 0.0510. The van der Waals surface area contributed by atoms with Crippen LogP contribution in [-0.4, -0.2) is 33.5 Å². The van der Waals surface area contributed by atoms with Crippen molar-refractivity contribution in [3.63, 3.8) is 0 Å². The summed E-state index contributed by atoms with van der Waals surface area (Å²) in [6.45, 7) is 2.65. The molecule has 2 aromatic rings. The van der Waals surface area contributed by atoms with Gasteiger partial charge in [-0.3, -0.25) is 4.79 Å². The average Bonchev–Trinajstić information content (AvgIpc) is 2.87. The van der Waals surface area contributed by atoms with Crippen LogP contribution in [0, 0.1) is 0 Å². The maximum atomic E-state index is 12.0. The molecule has 112 valence electrons. The van der Waals surface area contributed by atoms with Crippen LogP contribution in [-0.2, 0) is 19.9 Å². The van der Waals surface area contributed by atoms with Crippen LogP contribution >= 0.6 is 11.8 Å². The van der Waals surface area contributed by atoms with E-state index in [1.54, 1.807) is 11.8 Å². The summed E-state index contributed by atoms with van der Waals surface area (Å²) >= 11 is 1.56. The number of carbonyl (C=O) groups is 1. The Hall–Kier alpha value is -1.82. The van der Waals surface area contributed by atoms with E-state index >= 15 is 0 Å². The Morgan fingerprint density at radius 2 is 2.00 bits per heavy atom. The number of nitrogens with one attached hydrogen (secondary N) is 1. The summed E-state index contributed by atoms with van der Waals surface area (Å²) in [5.74, 6) is 0.825. The molecule has 5 nitrogen and oxygen atoms in total. The van der Waals surface area contributed by atoms with E-state index in [9.17, 15) is 4.79 Å². The smallest absolute Gasteiger partial charge is 0.251 e. The van der Waals surface area contributed by atoms with Gasteiger partial charge in [0.15, 0.2) is 5.16 Å². The van der Waals surface area contributed by atoms with E-state index in [2.05, 4.69) is 22.4 Å². The lowest BCUT2D eigenvalue weighted by Gasteiger charge is -2.06. The molecule has 0 aliphatic heterocycles. The number of hydrogen-bond donors (Lipinski definition) is 1. The molecule has 0 aliphatic carbocycles. The van der Waals surface area contributed by atoms with Gasteiger partial charge in [-0.2, -0.15) is 0 Å². The lowest BCUT2D eigenvalue weighted by atomic mass is 10.1. The largest absolute Gasteiger partial charge is 0.352 e. The Morgan fingerprint density at radius 3 is 2.57 bits per heavy atom. The highest BCUT2D eigenvalue weighted by atomic mass is 32.2. The molecule has 0 radical (unpaired) electrons. The lowest BCUT2D eigenvalue weighted by molar-refractivity contribution is 0.0954. The second-order valence-corrected chi connectivity index (χ2v) is 5.49. The van der Waals surface area contributed by atoms with Gasteiger partial charge in [0.25, 0.3) is 5.91 Å². The Morgan fingerprint density at radius 1 is 1.29 bits per heavy atom. The number of thioether (sulfide) groups is 1. The second-order valence-electron chi connectivity index (χ2n) is 4.72. The third kappa shape index (κ3) is 3.85. The Bertz CT molecular complexity index is 607. The van der Waals surface area contributed by atoms with Crippen LogP contribution < -0.4 is 5.32 Å². The molecule has 0 saturated carbocycles. The van der Waals surface area contributed by atoms with Gasteiger partial charge in [0, 0.05) is 25.6 Å². The quantitative estimate of drug-likeness (QED) is 0.830. The van der Waals surface area contributed by atoms with Gasteiger partial charge >= 0.3 is 0 Å². The van der Waals surface area contributed by atoms with Crippen molar-refractivity contribution < 1.29 is 4.79 Å². The van der Waals surface area contributed by atoms with Gasteiger partial charge in [-0.25, -0.2) is 0 Å². The van der Waals surface area contributed by atoms with Crippen molar-refractivity contribution in [3.05, 3.63) is 41.2 Å². The first kappa shape index (κ1) is 15.6. The molecule has 1 amide bonds. The van der Waals surface area contributed by atoms with Crippen molar-refractivity contribution in [2.24, 2.45) is 7.05 Å². The second kappa shape index (κ2) is 7.26. The zero-order valence-electron chi connectivity index (χ0n) is 12.6. The fourth-order valence-electron chi connectivity index (χ4n) is 2.02. The normalized spacial score (nSPS) is 10.6. The molecule has 0 saturated heterocycles. The highest BCUT2D eigenvalue weighted by molar-refractivity contribution is 7.98. The Balaban J connectivity index is 1.87. The predicted molar refractivity (Wildman–Crippen MR) is 84.6 cm³/mol. The third-order valence-corrected chi connectivity index (χ3v) is 4.09. The molecule has 0 unspecified atom stereocenters. The molecule has 2 rings (SSSR count). The van der Waals surface area contributed by atoms with E-state index in [1.165, 1.54) is 5.56 Å². The van der Waals surface area contributed by atoms with Crippen molar-refractivity contribution in [2.75, 3.05) is 12.8 Å². The van der Waals surface area contributed by atoms with Crippen LogP contribution in [0.2, 0.25) is 0 Å². The van der Waals surface area contributed by atoms with Gasteiger partial charge in [-0.15, -0.1) is 10.2 Å². The molecule has 0 spiro atoms. The van der Waals surface area contributed by atoms with Gasteiger partial charge < -0.3 is 9.88 Å². The van der Waals surface area contributed by atoms with Crippen LogP contribution in [0.1, 0.15) is 28.7 Å². The van der Waals surface area contributed by atoms with E-state index in [-0.39, 0.29) is 5.91 Å². The topological polar surface area (TPSA) is 59.8 Å². The summed E-state index contributed by atoms with van der Waals surface area (Å²) in [5.41, 5.74) is 1.92. The van der Waals surface area contributed by atoms with Crippen molar-refractivity contribution in [2.45, 2.75) is 24.9 Å². The lowest BCUT2D eigenvalue weighted by Crippen LogP contribution is -2.26. The van der Waals surface area contributed by atoms with Gasteiger partial charge in [0.05, 0.1) is 0 Å². The number of aryl methyl sites for hydroxylation is 1. The number of hydrogen-bond acceptors (Lipinski definition) is 4. The number of benzene rings is 1. The molecule has 21 heavy (non-hydrogen) atoms. The summed E-state index contributed by atoms with van der Waals surface area (Å²) < 4.78 is 1.95. The molecule has 1 aromatic carbocycles. The van der Waals surface area contributed by atoms with Crippen molar-refractivity contribution >= 4 is 17.7 Å². The Labute approximate surface area is 129 Å². The maximum Gasteiger partial charge on any atom is 0.251 e. The number of nitrogens with zero attached hydrogens (tertiary/aromatic N) is 3. The summed E-state index contributed by atoms with van der Waals surface area (Å²) in [4.78, 5) is 12.0. The van der Waals surface area contributed by atoms with Crippen LogP contribution in [0.25, 0.3) is 0 Å². The number of rotatable bonds is 6. The molecule has 0 bridgehead atoms. The highest BCUT2D eigenvalue weighted by Gasteiger charge is 2.09. The molecule has 1 heterocycles. The van der Waals surface area contributed by atoms with Crippen LogP contribution in [0.15, 0.2) is 29.4 Å². The van der Waals surface area contributed by atoms with Crippen LogP contribution in [0.4, 0.5) is 0 Å². The summed E-state index contributed by atoms with van der Waals surface area (Å²) in [7, 11) is 1.94. The SMILES string of the molecule is CCc1ccc(C(=O)NCCc2nnc(SC)n2C)cc1. The summed E-state index contributed by atoms with van der Waals surface area (Å²) in [5, 5.41) is 12.0. The maximum absolute atomic E-state index is 12.0. The number of amides is 1. The number of carbonyl (C=O) groups excluding carboxylic acids is 1. The third-order valence-electron chi connectivity index (χ3n) is 3.37. The molecule has 6 heteroatoms. The first-order valence-electron chi connectivity index (χ1n) is 6.95. The molecule has 1 N–H and O–H groups in total. The van der Waals surface area contributed by atoms with Gasteiger partial charge in [-0.05, 0) is 30.4 Å². The minimum Gasteiger partial charge on any atom is -0.352 e. The minimum atomic E-state index is -0.0510. The van der Waals surface area contributed by atoms with E-state index in [0.29, 0.717) is 18.5 Å². The Kier molecular flexibility index (Phi) is 5.38. The molecular formula is C15H20N4OS. The summed E-state index contributed by atoms with van der Waals surface area (Å²) in [6, 6.07) is 7.70. The fourth-order valence-corrected chi connectivity index (χ4v) is 2.52. The zero-order chi connectivity index (χ0) is 15.2. The number of aromatic nitrogens is 3. The molecule has 0 aliphatic rings. The van der Waals surface area contributed by atoms with E-state index in [1.807, 2.05) is 42.1 Å². The van der Waals surface area contributed by atoms with Crippen LogP contribution in [0.3, 0.4) is 0 Å². The van der Waals surface area contributed by atoms with E-state index in [0.717, 1.165) is 17.4 Å². The fraction of sp³-hybridized carbons (Fsp3) is 0.400. The van der Waals surface area contributed by atoms with Crippen molar-refractivity contribution in [3.8, 4) is 0 Å². The average molecular weight is 304 g/mol. The molecular weight excluding hydrogens is 284 g/mol. The monoisotopic (exact) mass is 304 g/mol. The van der Waals surface area contributed by atoms with Crippen molar-refractivity contribution in [1.82, 2.24) is 20.1 Å².